The summed E-state index contributed by atoms with van der Waals surface area (Å²) in [5, 5.41) is 11.6. The normalized spacial score (nSPS) is 11.0. The number of aromatic nitrogens is 6. The highest BCUT2D eigenvalue weighted by Gasteiger charge is 2.12. The number of H-pyrrole nitrogens is 2. The first-order valence-corrected chi connectivity index (χ1v) is 4.52. The van der Waals surface area contributed by atoms with Gasteiger partial charge in [-0.25, -0.2) is 9.97 Å². The Morgan fingerprint density at radius 1 is 1.13 bits per heavy atom. The van der Waals surface area contributed by atoms with Crippen LogP contribution in [0.25, 0.3) is 22.4 Å². The molecule has 0 unspecified atom stereocenters. The van der Waals surface area contributed by atoms with E-state index in [0.29, 0.717) is 0 Å². The zero-order chi connectivity index (χ0) is 10.3. The summed E-state index contributed by atoms with van der Waals surface area (Å²) in [6.07, 6.45) is 3.35. The van der Waals surface area contributed by atoms with Crippen LogP contribution < -0.4 is 0 Å². The number of fused-ring (bicyclic) bond motifs is 1. The van der Waals surface area contributed by atoms with Crippen LogP contribution in [0.5, 0.6) is 0 Å². The molecule has 3 rings (SSSR count). The van der Waals surface area contributed by atoms with E-state index < -0.39 is 0 Å². The molecule has 2 N–H and O–H groups in total. The van der Waals surface area contributed by atoms with E-state index in [0.717, 1.165) is 28.1 Å². The molecule has 0 aliphatic rings. The van der Waals surface area contributed by atoms with Crippen molar-refractivity contribution < 1.29 is 0 Å². The topological polar surface area (TPSA) is 83.1 Å². The van der Waals surface area contributed by atoms with E-state index in [1.807, 2.05) is 19.2 Å². The van der Waals surface area contributed by atoms with Crippen molar-refractivity contribution in [1.82, 2.24) is 30.4 Å². The lowest BCUT2D eigenvalue weighted by atomic mass is 10.2. The summed E-state index contributed by atoms with van der Waals surface area (Å²) in [5.41, 5.74) is 3.20. The zero-order valence-electron chi connectivity index (χ0n) is 8.02. The van der Waals surface area contributed by atoms with Crippen molar-refractivity contribution in [2.24, 2.45) is 0 Å². The van der Waals surface area contributed by atoms with Gasteiger partial charge in [0.1, 0.15) is 23.4 Å². The maximum Gasteiger partial charge on any atom is 0.141 e. The van der Waals surface area contributed by atoms with Crippen molar-refractivity contribution in [1.29, 1.82) is 0 Å². The van der Waals surface area contributed by atoms with Crippen molar-refractivity contribution >= 4 is 11.0 Å². The highest BCUT2D eigenvalue weighted by molar-refractivity contribution is 5.89. The number of hydrogen-bond donors (Lipinski definition) is 2. The zero-order valence-corrected chi connectivity index (χ0v) is 8.02. The third kappa shape index (κ3) is 1.11. The van der Waals surface area contributed by atoms with Crippen molar-refractivity contribution in [3.05, 3.63) is 24.3 Å². The van der Waals surface area contributed by atoms with Gasteiger partial charge in [-0.3, -0.25) is 0 Å². The molecule has 0 atom stereocenters. The number of rotatable bonds is 1. The van der Waals surface area contributed by atoms with E-state index in [1.54, 1.807) is 0 Å². The van der Waals surface area contributed by atoms with Gasteiger partial charge in [0.15, 0.2) is 0 Å². The van der Waals surface area contributed by atoms with Crippen LogP contribution in [0.3, 0.4) is 0 Å². The van der Waals surface area contributed by atoms with E-state index >= 15 is 0 Å². The lowest BCUT2D eigenvalue weighted by molar-refractivity contribution is 0.929. The first-order valence-electron chi connectivity index (χ1n) is 4.52. The third-order valence-corrected chi connectivity index (χ3v) is 2.30. The quantitative estimate of drug-likeness (QED) is 0.615. The fourth-order valence-electron chi connectivity index (χ4n) is 1.57. The van der Waals surface area contributed by atoms with Gasteiger partial charge in [0.2, 0.25) is 0 Å². The van der Waals surface area contributed by atoms with Crippen molar-refractivity contribution in [3.8, 4) is 11.4 Å². The Labute approximate surface area is 84.8 Å². The molecule has 3 aromatic rings. The van der Waals surface area contributed by atoms with E-state index in [4.69, 9.17) is 0 Å². The van der Waals surface area contributed by atoms with Crippen LogP contribution in [0.15, 0.2) is 18.6 Å². The fourth-order valence-corrected chi connectivity index (χ4v) is 1.57. The van der Waals surface area contributed by atoms with Gasteiger partial charge in [0.05, 0.1) is 5.69 Å². The molecule has 0 aliphatic carbocycles. The third-order valence-electron chi connectivity index (χ3n) is 2.30. The molecule has 0 bridgehead atoms. The molecule has 0 saturated carbocycles. The molecule has 15 heavy (non-hydrogen) atoms. The molecule has 0 saturated heterocycles. The highest BCUT2D eigenvalue weighted by Crippen LogP contribution is 2.23. The number of nitrogens with one attached hydrogen (secondary N) is 2. The maximum absolute atomic E-state index is 4.23. The van der Waals surface area contributed by atoms with Crippen LogP contribution in [0, 0.1) is 6.92 Å². The molecule has 6 heteroatoms. The van der Waals surface area contributed by atoms with Gasteiger partial charge in [0, 0.05) is 11.6 Å². The largest absolute Gasteiger partial charge is 0.346 e. The molecule has 3 aromatic heterocycles. The number of aromatic amines is 2. The summed E-state index contributed by atoms with van der Waals surface area (Å²) >= 11 is 0. The summed E-state index contributed by atoms with van der Waals surface area (Å²) in [6, 6.07) is 1.93. The summed E-state index contributed by atoms with van der Waals surface area (Å²) in [4.78, 5) is 11.4. The Morgan fingerprint density at radius 3 is 2.87 bits per heavy atom. The monoisotopic (exact) mass is 200 g/mol. The fraction of sp³-hybridized carbons (Fsp3) is 0.111. The first kappa shape index (κ1) is 8.10. The summed E-state index contributed by atoms with van der Waals surface area (Å²) in [7, 11) is 0. The molecule has 3 heterocycles. The van der Waals surface area contributed by atoms with Crippen LogP contribution in [0.4, 0.5) is 0 Å². The average molecular weight is 200 g/mol. The Bertz CT molecular complexity index is 608. The standard InChI is InChI=1S/C9H8N6/c1-5-7(14-15-13-5)8-6-2-3-10-9(6)12-4-11-8/h2-4H,1H3,(H,10,11,12)(H,13,14,15). The summed E-state index contributed by atoms with van der Waals surface area (Å²) in [5.74, 6) is 0. The minimum absolute atomic E-state index is 0.766. The lowest BCUT2D eigenvalue weighted by Gasteiger charge is -1.97. The SMILES string of the molecule is Cc1n[nH]nc1-c1ncnc2[nH]ccc12. The minimum atomic E-state index is 0.766. The van der Waals surface area contributed by atoms with Crippen LogP contribution in [-0.2, 0) is 0 Å². The maximum atomic E-state index is 4.23. The Morgan fingerprint density at radius 2 is 2.07 bits per heavy atom. The smallest absolute Gasteiger partial charge is 0.141 e. The van der Waals surface area contributed by atoms with E-state index in [1.165, 1.54) is 6.33 Å². The van der Waals surface area contributed by atoms with Gasteiger partial charge in [-0.2, -0.15) is 15.4 Å². The molecule has 0 aliphatic heterocycles. The Hall–Kier alpha value is -2.24. The number of nitrogens with zero attached hydrogens (tertiary/aromatic N) is 4. The molecule has 0 spiro atoms. The van der Waals surface area contributed by atoms with Crippen molar-refractivity contribution in [2.75, 3.05) is 0 Å². The Balaban J connectivity index is 2.36. The lowest BCUT2D eigenvalue weighted by Crippen LogP contribution is -1.89. The van der Waals surface area contributed by atoms with E-state index in [9.17, 15) is 0 Å². The first-order chi connectivity index (χ1) is 7.36. The molecule has 74 valence electrons. The molecule has 0 radical (unpaired) electrons. The second-order valence-corrected chi connectivity index (χ2v) is 3.22. The van der Waals surface area contributed by atoms with E-state index in [-0.39, 0.29) is 0 Å². The van der Waals surface area contributed by atoms with Crippen LogP contribution in [0.2, 0.25) is 0 Å². The van der Waals surface area contributed by atoms with E-state index in [2.05, 4.69) is 30.4 Å². The van der Waals surface area contributed by atoms with Gasteiger partial charge < -0.3 is 4.98 Å². The van der Waals surface area contributed by atoms with Gasteiger partial charge >= 0.3 is 0 Å². The van der Waals surface area contributed by atoms with Gasteiger partial charge in [0.25, 0.3) is 0 Å². The predicted octanol–water partition coefficient (Wildman–Crippen LogP) is 1.05. The predicted molar refractivity (Wildman–Crippen MR) is 54.0 cm³/mol. The van der Waals surface area contributed by atoms with Crippen LogP contribution >= 0.6 is 0 Å². The molecule has 0 amide bonds. The second-order valence-electron chi connectivity index (χ2n) is 3.22. The Kier molecular flexibility index (Phi) is 1.55. The molecule has 0 fully saturated rings. The summed E-state index contributed by atoms with van der Waals surface area (Å²) < 4.78 is 0. The van der Waals surface area contributed by atoms with Crippen LogP contribution in [-0.4, -0.2) is 30.4 Å². The molecular formula is C9H8N6. The van der Waals surface area contributed by atoms with Crippen molar-refractivity contribution in [3.63, 3.8) is 0 Å². The minimum Gasteiger partial charge on any atom is -0.346 e. The molecule has 0 aromatic carbocycles. The number of aryl methyl sites for hydroxylation is 1. The highest BCUT2D eigenvalue weighted by atomic mass is 15.3. The number of hydrogen-bond acceptors (Lipinski definition) is 4. The molecular weight excluding hydrogens is 192 g/mol. The molecule has 6 nitrogen and oxygen atoms in total. The summed E-state index contributed by atoms with van der Waals surface area (Å²) in [6.45, 7) is 1.89. The van der Waals surface area contributed by atoms with Gasteiger partial charge in [-0.1, -0.05) is 0 Å². The van der Waals surface area contributed by atoms with Gasteiger partial charge in [-0.05, 0) is 13.0 Å². The average Bonchev–Trinajstić information content (AvgIpc) is 2.85. The van der Waals surface area contributed by atoms with Crippen molar-refractivity contribution in [2.45, 2.75) is 6.92 Å². The second kappa shape index (κ2) is 2.88. The van der Waals surface area contributed by atoms with Crippen LogP contribution in [0.1, 0.15) is 5.69 Å². The van der Waals surface area contributed by atoms with Gasteiger partial charge in [-0.15, -0.1) is 0 Å².